The fraction of sp³-hybridized carbons (Fsp3) is 0.250. The van der Waals surface area contributed by atoms with Crippen molar-refractivity contribution < 1.29 is 23.1 Å². The van der Waals surface area contributed by atoms with Crippen molar-refractivity contribution in [3.63, 3.8) is 0 Å². The summed E-state index contributed by atoms with van der Waals surface area (Å²) in [5.74, 6) is -2.19. The highest BCUT2D eigenvalue weighted by Gasteiger charge is 2.16. The minimum Gasteiger partial charge on any atom is -0.465 e. The number of likely N-dealkylation sites (N-methyl/N-ethyl adjacent to an activating group) is 1. The van der Waals surface area contributed by atoms with Crippen LogP contribution < -0.4 is 5.32 Å². The Morgan fingerprint density at radius 2 is 2.04 bits per heavy atom. The number of benzene rings is 1. The molecule has 0 atom stereocenters. The van der Waals surface area contributed by atoms with Gasteiger partial charge in [0.2, 0.25) is 5.91 Å². The molecule has 1 aromatic heterocycles. The van der Waals surface area contributed by atoms with Crippen molar-refractivity contribution in [1.82, 2.24) is 4.90 Å². The van der Waals surface area contributed by atoms with Gasteiger partial charge in [-0.1, -0.05) is 6.07 Å². The molecule has 1 aromatic carbocycles. The number of carbonyl (C=O) groups excluding carboxylic acids is 2. The molecular weight excluding hydrogens is 338 g/mol. The fourth-order valence-corrected chi connectivity index (χ4v) is 2.86. The van der Waals surface area contributed by atoms with Gasteiger partial charge in [0.15, 0.2) is 0 Å². The van der Waals surface area contributed by atoms with Crippen molar-refractivity contribution in [2.24, 2.45) is 0 Å². The van der Waals surface area contributed by atoms with E-state index >= 15 is 0 Å². The van der Waals surface area contributed by atoms with Gasteiger partial charge >= 0.3 is 5.97 Å². The van der Waals surface area contributed by atoms with Gasteiger partial charge in [-0.2, -0.15) is 0 Å². The van der Waals surface area contributed by atoms with E-state index in [1.165, 1.54) is 19.2 Å². The summed E-state index contributed by atoms with van der Waals surface area (Å²) in [4.78, 5) is 25.5. The van der Waals surface area contributed by atoms with Crippen LogP contribution in [0.25, 0.3) is 0 Å². The molecular formula is C16H16F2N2O3S. The summed E-state index contributed by atoms with van der Waals surface area (Å²) in [5.41, 5.74) is 0.663. The van der Waals surface area contributed by atoms with Gasteiger partial charge in [0, 0.05) is 18.2 Å². The van der Waals surface area contributed by atoms with E-state index in [-0.39, 0.29) is 24.6 Å². The molecule has 0 unspecified atom stereocenters. The van der Waals surface area contributed by atoms with E-state index in [1.807, 2.05) is 0 Å². The van der Waals surface area contributed by atoms with E-state index in [0.29, 0.717) is 10.6 Å². The van der Waals surface area contributed by atoms with Crippen LogP contribution in [0.3, 0.4) is 0 Å². The monoisotopic (exact) mass is 354 g/mol. The average Bonchev–Trinajstić information content (AvgIpc) is 2.97. The summed E-state index contributed by atoms with van der Waals surface area (Å²) in [6.07, 6.45) is 0. The third kappa shape index (κ3) is 4.59. The van der Waals surface area contributed by atoms with Crippen molar-refractivity contribution in [3.8, 4) is 0 Å². The molecule has 24 heavy (non-hydrogen) atoms. The molecule has 0 radical (unpaired) electrons. The Labute approximate surface area is 141 Å². The van der Waals surface area contributed by atoms with Crippen molar-refractivity contribution in [3.05, 3.63) is 51.7 Å². The number of nitrogens with zero attached hydrogens (tertiary/aromatic N) is 1. The van der Waals surface area contributed by atoms with E-state index in [1.54, 1.807) is 23.4 Å². The van der Waals surface area contributed by atoms with Crippen LogP contribution in [0.1, 0.15) is 15.2 Å². The van der Waals surface area contributed by atoms with Crippen LogP contribution in [0.4, 0.5) is 14.5 Å². The standard InChI is InChI=1S/C16H16F2N2O3S/c1-20(8-10-3-4-11(17)7-12(10)18)9-14(21)19-13-5-6-24-15(13)16(22)23-2/h3-7H,8-9H2,1-2H3,(H,19,21). The molecule has 0 aliphatic rings. The van der Waals surface area contributed by atoms with Crippen molar-refractivity contribution in [1.29, 1.82) is 0 Å². The zero-order valence-corrected chi connectivity index (χ0v) is 14.0. The average molecular weight is 354 g/mol. The highest BCUT2D eigenvalue weighted by Crippen LogP contribution is 2.23. The van der Waals surface area contributed by atoms with Crippen LogP contribution in [0.15, 0.2) is 29.6 Å². The zero-order valence-electron chi connectivity index (χ0n) is 13.1. The van der Waals surface area contributed by atoms with Gasteiger partial charge in [-0.15, -0.1) is 11.3 Å². The molecule has 2 aromatic rings. The van der Waals surface area contributed by atoms with Gasteiger partial charge in [-0.05, 0) is 24.6 Å². The summed E-state index contributed by atoms with van der Waals surface area (Å²) in [6, 6.07) is 4.92. The number of halogens is 2. The molecule has 0 spiro atoms. The highest BCUT2D eigenvalue weighted by molar-refractivity contribution is 7.12. The van der Waals surface area contributed by atoms with E-state index in [2.05, 4.69) is 10.1 Å². The maximum Gasteiger partial charge on any atom is 0.350 e. The second-order valence-corrected chi connectivity index (χ2v) is 6.03. The molecule has 5 nitrogen and oxygen atoms in total. The smallest absolute Gasteiger partial charge is 0.350 e. The lowest BCUT2D eigenvalue weighted by Crippen LogP contribution is -2.30. The van der Waals surface area contributed by atoms with Gasteiger partial charge in [0.05, 0.1) is 19.3 Å². The number of esters is 1. The van der Waals surface area contributed by atoms with E-state index in [9.17, 15) is 18.4 Å². The molecule has 8 heteroatoms. The van der Waals surface area contributed by atoms with Crippen LogP contribution in [-0.4, -0.2) is 37.5 Å². The molecule has 0 aliphatic heterocycles. The summed E-state index contributed by atoms with van der Waals surface area (Å²) in [6.45, 7) is 0.125. The SMILES string of the molecule is COC(=O)c1sccc1NC(=O)CN(C)Cc1ccc(F)cc1F. The minimum atomic E-state index is -0.659. The Balaban J connectivity index is 1.95. The van der Waals surface area contributed by atoms with Gasteiger partial charge in [0.25, 0.3) is 0 Å². The maximum absolute atomic E-state index is 13.6. The fourth-order valence-electron chi connectivity index (χ4n) is 2.09. The highest BCUT2D eigenvalue weighted by atomic mass is 32.1. The molecule has 0 fully saturated rings. The van der Waals surface area contributed by atoms with Crippen molar-refractivity contribution in [2.45, 2.75) is 6.54 Å². The number of amides is 1. The molecule has 128 valence electrons. The molecule has 1 N–H and O–H groups in total. The van der Waals surface area contributed by atoms with Gasteiger partial charge < -0.3 is 10.1 Å². The number of thiophene rings is 1. The molecule has 1 amide bonds. The van der Waals surface area contributed by atoms with E-state index in [0.717, 1.165) is 17.4 Å². The molecule has 0 saturated heterocycles. The largest absolute Gasteiger partial charge is 0.465 e. The quantitative estimate of drug-likeness (QED) is 0.811. The predicted octanol–water partition coefficient (Wildman–Crippen LogP) is 2.88. The second-order valence-electron chi connectivity index (χ2n) is 5.11. The Morgan fingerprint density at radius 1 is 1.29 bits per heavy atom. The number of nitrogens with one attached hydrogen (secondary N) is 1. The van der Waals surface area contributed by atoms with Gasteiger partial charge in [-0.25, -0.2) is 13.6 Å². The Hall–Kier alpha value is -2.32. The first-order valence-electron chi connectivity index (χ1n) is 6.99. The number of ether oxygens (including phenoxy) is 1. The topological polar surface area (TPSA) is 58.6 Å². The molecule has 2 rings (SSSR count). The zero-order chi connectivity index (χ0) is 17.7. The third-order valence-corrected chi connectivity index (χ3v) is 4.07. The van der Waals surface area contributed by atoms with Crippen molar-refractivity contribution >= 4 is 28.9 Å². The number of hydrogen-bond donors (Lipinski definition) is 1. The minimum absolute atomic E-state index is 0.0206. The van der Waals surface area contributed by atoms with E-state index < -0.39 is 17.6 Å². The molecule has 0 saturated carbocycles. The van der Waals surface area contributed by atoms with Crippen LogP contribution in [0.5, 0.6) is 0 Å². The normalized spacial score (nSPS) is 10.7. The van der Waals surface area contributed by atoms with Gasteiger partial charge in [-0.3, -0.25) is 9.69 Å². The third-order valence-electron chi connectivity index (χ3n) is 3.18. The van der Waals surface area contributed by atoms with Crippen LogP contribution in [0, 0.1) is 11.6 Å². The van der Waals surface area contributed by atoms with Crippen molar-refractivity contribution in [2.75, 3.05) is 26.0 Å². The number of hydrogen-bond acceptors (Lipinski definition) is 5. The first-order valence-corrected chi connectivity index (χ1v) is 7.86. The van der Waals surface area contributed by atoms with Crippen LogP contribution in [0.2, 0.25) is 0 Å². The first kappa shape index (κ1) is 18.0. The summed E-state index contributed by atoms with van der Waals surface area (Å²) >= 11 is 1.16. The van der Waals surface area contributed by atoms with Crippen LogP contribution in [-0.2, 0) is 16.1 Å². The Morgan fingerprint density at radius 3 is 2.71 bits per heavy atom. The van der Waals surface area contributed by atoms with Crippen LogP contribution >= 0.6 is 11.3 Å². The Kier molecular flexibility index (Phi) is 5.99. The summed E-state index contributed by atoms with van der Waals surface area (Å²) < 4.78 is 31.1. The summed E-state index contributed by atoms with van der Waals surface area (Å²) in [7, 11) is 2.90. The second kappa shape index (κ2) is 7.98. The predicted molar refractivity (Wildman–Crippen MR) is 87.0 cm³/mol. The molecule has 0 bridgehead atoms. The molecule has 1 heterocycles. The number of methoxy groups -OCH3 is 1. The number of rotatable bonds is 6. The first-order chi connectivity index (χ1) is 11.4. The number of anilines is 1. The number of carbonyl (C=O) groups is 2. The lowest BCUT2D eigenvalue weighted by molar-refractivity contribution is -0.117. The molecule has 0 aliphatic carbocycles. The lowest BCUT2D eigenvalue weighted by atomic mass is 10.2. The Bertz CT molecular complexity index is 749. The maximum atomic E-state index is 13.6. The van der Waals surface area contributed by atoms with Gasteiger partial charge in [0.1, 0.15) is 16.5 Å². The van der Waals surface area contributed by atoms with E-state index in [4.69, 9.17) is 0 Å². The lowest BCUT2D eigenvalue weighted by Gasteiger charge is -2.16. The summed E-state index contributed by atoms with van der Waals surface area (Å²) in [5, 5.41) is 4.29.